The number of hydrogen-bond acceptors (Lipinski definition) is 5. The third kappa shape index (κ3) is 4.54. The van der Waals surface area contributed by atoms with Crippen LogP contribution in [0.3, 0.4) is 0 Å². The summed E-state index contributed by atoms with van der Waals surface area (Å²) < 4.78 is 14.9. The van der Waals surface area contributed by atoms with E-state index in [1.165, 1.54) is 5.39 Å². The van der Waals surface area contributed by atoms with E-state index in [9.17, 15) is 4.79 Å². The molecule has 0 atom stereocenters. The van der Waals surface area contributed by atoms with Crippen LogP contribution in [0, 0.1) is 0 Å². The van der Waals surface area contributed by atoms with Gasteiger partial charge in [-0.25, -0.2) is 4.68 Å². The topological polar surface area (TPSA) is 73.5 Å². The first-order valence-corrected chi connectivity index (χ1v) is 12.2. The van der Waals surface area contributed by atoms with Crippen molar-refractivity contribution in [2.45, 2.75) is 0 Å². The quantitative estimate of drug-likeness (QED) is 0.364. The zero-order valence-electron chi connectivity index (χ0n) is 20.5. The number of ether oxygens (including phenoxy) is 2. The van der Waals surface area contributed by atoms with E-state index in [1.54, 1.807) is 17.9 Å². The van der Waals surface area contributed by atoms with Crippen LogP contribution in [-0.4, -0.2) is 53.7 Å². The zero-order chi connectivity index (χ0) is 25.2. The van der Waals surface area contributed by atoms with Gasteiger partial charge in [0.1, 0.15) is 5.75 Å². The van der Waals surface area contributed by atoms with Gasteiger partial charge in [0.15, 0.2) is 0 Å². The Morgan fingerprint density at radius 1 is 0.973 bits per heavy atom. The number of rotatable bonds is 6. The van der Waals surface area contributed by atoms with Gasteiger partial charge in [-0.15, -0.1) is 0 Å². The molecule has 0 saturated carbocycles. The van der Waals surface area contributed by atoms with Crippen LogP contribution in [-0.2, 0) is 4.74 Å². The van der Waals surface area contributed by atoms with Crippen LogP contribution >= 0.6 is 0 Å². The third-order valence-corrected chi connectivity index (χ3v) is 6.61. The number of para-hydroxylation sites is 1. The molecule has 1 fully saturated rings. The molecule has 1 saturated heterocycles. The van der Waals surface area contributed by atoms with Gasteiger partial charge in [0, 0.05) is 36.6 Å². The summed E-state index contributed by atoms with van der Waals surface area (Å²) >= 11 is 0. The molecule has 1 aliphatic heterocycles. The molecule has 0 unspecified atom stereocenters. The fourth-order valence-electron chi connectivity index (χ4n) is 4.70. The van der Waals surface area contributed by atoms with E-state index >= 15 is 0 Å². The predicted molar refractivity (Wildman–Crippen MR) is 144 cm³/mol. The highest BCUT2D eigenvalue weighted by atomic mass is 16.5. The van der Waals surface area contributed by atoms with E-state index < -0.39 is 0 Å². The fourth-order valence-corrected chi connectivity index (χ4v) is 4.70. The summed E-state index contributed by atoms with van der Waals surface area (Å²) in [6.45, 7) is 3.00. The van der Waals surface area contributed by atoms with Crippen molar-refractivity contribution in [3.63, 3.8) is 0 Å². The third-order valence-electron chi connectivity index (χ3n) is 6.61. The Hall–Kier alpha value is -4.56. The van der Waals surface area contributed by atoms with E-state index in [2.05, 4.69) is 38.1 Å². The molecule has 2 aromatic heterocycles. The Labute approximate surface area is 214 Å². The highest BCUT2D eigenvalue weighted by molar-refractivity contribution is 6.04. The van der Waals surface area contributed by atoms with Crippen molar-refractivity contribution in [1.82, 2.24) is 14.3 Å². The summed E-state index contributed by atoms with van der Waals surface area (Å²) in [5.74, 6) is 0.516. The second-order valence-electron chi connectivity index (χ2n) is 8.88. The number of carbonyl (C=O) groups is 1. The first-order chi connectivity index (χ1) is 18.2. The van der Waals surface area contributed by atoms with Gasteiger partial charge >= 0.3 is 0 Å². The van der Waals surface area contributed by atoms with Gasteiger partial charge in [-0.2, -0.15) is 5.10 Å². The summed E-state index contributed by atoms with van der Waals surface area (Å²) in [5.41, 5.74) is 5.07. The molecule has 0 spiro atoms. The lowest BCUT2D eigenvalue weighted by atomic mass is 10.1. The minimum Gasteiger partial charge on any atom is -0.495 e. The van der Waals surface area contributed by atoms with Crippen molar-refractivity contribution in [2.24, 2.45) is 0 Å². The number of aromatic nitrogens is 3. The van der Waals surface area contributed by atoms with Crippen molar-refractivity contribution in [3.8, 4) is 17.1 Å². The molecule has 8 nitrogen and oxygen atoms in total. The molecular formula is C29H27N5O3. The average Bonchev–Trinajstić information content (AvgIpc) is 3.61. The number of nitrogens with one attached hydrogen (secondary N) is 1. The summed E-state index contributed by atoms with van der Waals surface area (Å²) in [7, 11) is 1.64. The molecule has 1 N–H and O–H groups in total. The maximum absolute atomic E-state index is 13.1. The highest BCUT2D eigenvalue weighted by Crippen LogP contribution is 2.32. The summed E-state index contributed by atoms with van der Waals surface area (Å²) in [5, 5.41) is 8.71. The maximum Gasteiger partial charge on any atom is 0.255 e. The first-order valence-electron chi connectivity index (χ1n) is 12.2. The molecule has 5 aromatic rings. The number of benzene rings is 3. The molecule has 3 aromatic carbocycles. The van der Waals surface area contributed by atoms with E-state index in [0.29, 0.717) is 24.5 Å². The lowest BCUT2D eigenvalue weighted by Crippen LogP contribution is -2.36. The van der Waals surface area contributed by atoms with Gasteiger partial charge in [0.05, 0.1) is 55.3 Å². The molecule has 0 radical (unpaired) electrons. The van der Waals surface area contributed by atoms with Gasteiger partial charge < -0.3 is 24.3 Å². The summed E-state index contributed by atoms with van der Waals surface area (Å²) in [6, 6.07) is 23.5. The van der Waals surface area contributed by atoms with Gasteiger partial charge in [0.25, 0.3) is 5.91 Å². The lowest BCUT2D eigenvalue weighted by molar-refractivity contribution is 0.102. The molecular weight excluding hydrogens is 466 g/mol. The van der Waals surface area contributed by atoms with Crippen molar-refractivity contribution in [3.05, 3.63) is 97.0 Å². The number of nitrogens with zero attached hydrogens (tertiary/aromatic N) is 4. The number of anilines is 2. The molecule has 8 heteroatoms. The number of fused-ring (bicyclic) bond motifs is 1. The van der Waals surface area contributed by atoms with Crippen LogP contribution in [0.4, 0.5) is 11.4 Å². The van der Waals surface area contributed by atoms with Crippen LogP contribution in [0.5, 0.6) is 5.75 Å². The number of carbonyl (C=O) groups excluding carboxylic acids is 1. The Morgan fingerprint density at radius 3 is 2.70 bits per heavy atom. The van der Waals surface area contributed by atoms with Gasteiger partial charge in [-0.1, -0.05) is 24.3 Å². The fraction of sp³-hybridized carbons (Fsp3) is 0.172. The molecule has 6 rings (SSSR count). The Kier molecular flexibility index (Phi) is 6.08. The van der Waals surface area contributed by atoms with Crippen molar-refractivity contribution < 1.29 is 14.3 Å². The van der Waals surface area contributed by atoms with Crippen LogP contribution in [0.25, 0.3) is 22.3 Å². The molecule has 3 heterocycles. The maximum atomic E-state index is 13.1. The van der Waals surface area contributed by atoms with Crippen LogP contribution < -0.4 is 15.0 Å². The number of hydrogen-bond donors (Lipinski definition) is 1. The van der Waals surface area contributed by atoms with Crippen molar-refractivity contribution >= 4 is 28.2 Å². The van der Waals surface area contributed by atoms with Gasteiger partial charge in [-0.05, 0) is 47.9 Å². The number of morpholine rings is 1. The van der Waals surface area contributed by atoms with Crippen molar-refractivity contribution in [1.29, 1.82) is 0 Å². The molecule has 1 amide bonds. The van der Waals surface area contributed by atoms with Crippen LogP contribution in [0.15, 0.2) is 91.4 Å². The largest absolute Gasteiger partial charge is 0.495 e. The van der Waals surface area contributed by atoms with Crippen LogP contribution in [0.1, 0.15) is 10.4 Å². The monoisotopic (exact) mass is 493 g/mol. The Bertz CT molecular complexity index is 1560. The first kappa shape index (κ1) is 22.9. The predicted octanol–water partition coefficient (Wildman–Crippen LogP) is 4.91. The van der Waals surface area contributed by atoms with E-state index in [0.717, 1.165) is 41.4 Å². The summed E-state index contributed by atoms with van der Waals surface area (Å²) in [6.07, 6.45) is 5.81. The molecule has 0 bridgehead atoms. The highest BCUT2D eigenvalue weighted by Gasteiger charge is 2.17. The van der Waals surface area contributed by atoms with E-state index in [1.807, 2.05) is 67.1 Å². The normalized spacial score (nSPS) is 13.6. The van der Waals surface area contributed by atoms with Gasteiger partial charge in [0.2, 0.25) is 0 Å². The SMILES string of the molecule is COc1cc(NC(=O)c2cccc(-n3cc(-n4ccc5ccccc54)cn3)c2)ccc1N1CCOCC1. The standard InChI is InChI=1S/C29H27N5O3/c1-36-28-18-23(9-10-27(28)32-13-15-37-16-14-32)31-29(35)22-6-4-7-24(17-22)34-20-25(19-30-34)33-12-11-21-5-2-3-8-26(21)33/h2-12,17-20H,13-16H2,1H3,(H,31,35). The minimum atomic E-state index is -0.202. The molecule has 1 aliphatic rings. The Morgan fingerprint density at radius 2 is 1.84 bits per heavy atom. The zero-order valence-corrected chi connectivity index (χ0v) is 20.5. The number of methoxy groups -OCH3 is 1. The molecule has 186 valence electrons. The second kappa shape index (κ2) is 9.83. The molecule has 0 aliphatic carbocycles. The minimum absolute atomic E-state index is 0.202. The van der Waals surface area contributed by atoms with E-state index in [-0.39, 0.29) is 5.91 Å². The van der Waals surface area contributed by atoms with Crippen molar-refractivity contribution in [2.75, 3.05) is 43.6 Å². The Balaban J connectivity index is 1.21. The lowest BCUT2D eigenvalue weighted by Gasteiger charge is -2.30. The summed E-state index contributed by atoms with van der Waals surface area (Å²) in [4.78, 5) is 15.3. The number of amides is 1. The van der Waals surface area contributed by atoms with E-state index in [4.69, 9.17) is 9.47 Å². The second-order valence-corrected chi connectivity index (χ2v) is 8.88. The molecule has 37 heavy (non-hydrogen) atoms. The van der Waals surface area contributed by atoms with Crippen LogP contribution in [0.2, 0.25) is 0 Å². The van der Waals surface area contributed by atoms with Gasteiger partial charge in [-0.3, -0.25) is 4.79 Å². The average molecular weight is 494 g/mol. The smallest absolute Gasteiger partial charge is 0.255 e.